The van der Waals surface area contributed by atoms with E-state index in [9.17, 15) is 0 Å². The second-order valence-electron chi connectivity index (χ2n) is 7.40. The van der Waals surface area contributed by atoms with Gasteiger partial charge >= 0.3 is 0 Å². The zero-order valence-electron chi connectivity index (χ0n) is 16.8. The van der Waals surface area contributed by atoms with E-state index in [1.165, 1.54) is 0 Å². The molecule has 8 nitrogen and oxygen atoms in total. The molecule has 0 amide bonds. The highest BCUT2D eigenvalue weighted by Crippen LogP contribution is 2.29. The summed E-state index contributed by atoms with van der Waals surface area (Å²) in [5, 5.41) is 9.52. The lowest BCUT2D eigenvalue weighted by molar-refractivity contribution is 0.0985. The molecule has 8 heteroatoms. The van der Waals surface area contributed by atoms with Crippen LogP contribution in [0.15, 0.2) is 36.5 Å². The Bertz CT molecular complexity index is 1160. The molecule has 4 heterocycles. The van der Waals surface area contributed by atoms with Gasteiger partial charge in [0.15, 0.2) is 5.82 Å². The van der Waals surface area contributed by atoms with Crippen LogP contribution >= 0.6 is 0 Å². The number of hydrogen-bond acceptors (Lipinski definition) is 6. The molecule has 0 aliphatic carbocycles. The molecule has 1 saturated heterocycles. The van der Waals surface area contributed by atoms with Crippen molar-refractivity contribution in [2.75, 3.05) is 24.7 Å². The lowest BCUT2D eigenvalue weighted by Gasteiger charge is -2.34. The van der Waals surface area contributed by atoms with Gasteiger partial charge in [-0.25, -0.2) is 9.97 Å². The smallest absolute Gasteiger partial charge is 0.164 e. The number of aryl methyl sites for hydroxylation is 2. The first-order chi connectivity index (χ1) is 14.1. The Morgan fingerprint density at radius 2 is 1.86 bits per heavy atom. The van der Waals surface area contributed by atoms with E-state index in [2.05, 4.69) is 45.2 Å². The number of benzene rings is 1. The number of nitrogens with one attached hydrogen (secondary N) is 1. The maximum atomic E-state index is 5.62. The number of nitrogens with zero attached hydrogens (tertiary/aromatic N) is 6. The van der Waals surface area contributed by atoms with E-state index < -0.39 is 0 Å². The SMILES string of the molecule is Cc1nnc(C)n1-c1cc(N2CCOC[C@H]2C)nc(-c2cccc3[nH]ccc23)n1. The van der Waals surface area contributed by atoms with Gasteiger partial charge < -0.3 is 14.6 Å². The van der Waals surface area contributed by atoms with Crippen molar-refractivity contribution in [1.82, 2.24) is 29.7 Å². The summed E-state index contributed by atoms with van der Waals surface area (Å²) in [5.74, 6) is 3.95. The number of anilines is 1. The standard InChI is InChI=1S/C21H23N7O/c1-13-12-29-10-9-27(13)19-11-20(28-14(2)25-26-15(28)3)24-21(23-19)17-5-4-6-18-16(17)7-8-22-18/h4-8,11,13,22H,9-10,12H2,1-3H3/t13-/m1/s1. The third-order valence-corrected chi connectivity index (χ3v) is 5.41. The van der Waals surface area contributed by atoms with Crippen LogP contribution in [-0.4, -0.2) is 55.5 Å². The minimum atomic E-state index is 0.241. The van der Waals surface area contributed by atoms with E-state index in [0.29, 0.717) is 19.0 Å². The van der Waals surface area contributed by atoms with Crippen molar-refractivity contribution >= 4 is 16.7 Å². The van der Waals surface area contributed by atoms with E-state index in [4.69, 9.17) is 14.7 Å². The maximum absolute atomic E-state index is 5.62. The summed E-state index contributed by atoms with van der Waals surface area (Å²) in [4.78, 5) is 15.4. The Morgan fingerprint density at radius 3 is 2.66 bits per heavy atom. The Labute approximate surface area is 168 Å². The highest BCUT2D eigenvalue weighted by molar-refractivity contribution is 5.93. The number of hydrogen-bond donors (Lipinski definition) is 1. The van der Waals surface area contributed by atoms with Crippen LogP contribution in [0.2, 0.25) is 0 Å². The largest absolute Gasteiger partial charge is 0.377 e. The van der Waals surface area contributed by atoms with Crippen LogP contribution in [0.25, 0.3) is 28.1 Å². The summed E-state index contributed by atoms with van der Waals surface area (Å²) in [6, 6.07) is 10.5. The second-order valence-corrected chi connectivity index (χ2v) is 7.40. The van der Waals surface area contributed by atoms with Gasteiger partial charge in [0, 0.05) is 35.3 Å². The monoisotopic (exact) mass is 389 g/mol. The average molecular weight is 389 g/mol. The zero-order chi connectivity index (χ0) is 20.0. The summed E-state index contributed by atoms with van der Waals surface area (Å²) in [6.45, 7) is 8.20. The lowest BCUT2D eigenvalue weighted by atomic mass is 10.1. The molecular weight excluding hydrogens is 366 g/mol. The molecule has 1 fully saturated rings. The third kappa shape index (κ3) is 3.05. The van der Waals surface area contributed by atoms with Crippen molar-refractivity contribution in [3.05, 3.63) is 48.2 Å². The van der Waals surface area contributed by atoms with Crippen molar-refractivity contribution in [2.24, 2.45) is 0 Å². The van der Waals surface area contributed by atoms with Crippen molar-refractivity contribution in [2.45, 2.75) is 26.8 Å². The number of rotatable bonds is 3. The molecule has 0 spiro atoms. The fraction of sp³-hybridized carbons (Fsp3) is 0.333. The number of aromatic amines is 1. The van der Waals surface area contributed by atoms with E-state index in [1.54, 1.807) is 0 Å². The molecule has 1 aromatic carbocycles. The lowest BCUT2D eigenvalue weighted by Crippen LogP contribution is -2.44. The van der Waals surface area contributed by atoms with Gasteiger partial charge in [0.05, 0.1) is 19.3 Å². The van der Waals surface area contributed by atoms with Crippen LogP contribution in [0.3, 0.4) is 0 Å². The molecule has 1 atom stereocenters. The molecule has 5 rings (SSSR count). The molecule has 1 aliphatic heterocycles. The first kappa shape index (κ1) is 17.8. The summed E-state index contributed by atoms with van der Waals surface area (Å²) in [5.41, 5.74) is 2.06. The summed E-state index contributed by atoms with van der Waals surface area (Å²) in [7, 11) is 0. The number of fused-ring (bicyclic) bond motifs is 1. The number of H-pyrrole nitrogens is 1. The second kappa shape index (κ2) is 6.97. The van der Waals surface area contributed by atoms with E-state index in [0.717, 1.165) is 46.3 Å². The predicted octanol–water partition coefficient (Wildman–Crippen LogP) is 3.05. The van der Waals surface area contributed by atoms with Crippen molar-refractivity contribution < 1.29 is 4.74 Å². The fourth-order valence-corrected chi connectivity index (χ4v) is 3.95. The van der Waals surface area contributed by atoms with Crippen molar-refractivity contribution in [3.63, 3.8) is 0 Å². The first-order valence-electron chi connectivity index (χ1n) is 9.81. The highest BCUT2D eigenvalue weighted by Gasteiger charge is 2.23. The molecular formula is C21H23N7O. The normalized spacial score (nSPS) is 17.2. The number of aromatic nitrogens is 6. The molecule has 148 valence electrons. The molecule has 0 unspecified atom stereocenters. The molecule has 0 bridgehead atoms. The number of ether oxygens (including phenoxy) is 1. The van der Waals surface area contributed by atoms with Crippen LogP contribution in [0.1, 0.15) is 18.6 Å². The van der Waals surface area contributed by atoms with Gasteiger partial charge in [-0.15, -0.1) is 10.2 Å². The molecule has 0 saturated carbocycles. The first-order valence-corrected chi connectivity index (χ1v) is 9.81. The van der Waals surface area contributed by atoms with E-state index in [1.807, 2.05) is 36.7 Å². The fourth-order valence-electron chi connectivity index (χ4n) is 3.95. The number of morpholine rings is 1. The van der Waals surface area contributed by atoms with Gasteiger partial charge in [-0.1, -0.05) is 12.1 Å². The summed E-state index contributed by atoms with van der Waals surface area (Å²) < 4.78 is 7.59. The van der Waals surface area contributed by atoms with E-state index >= 15 is 0 Å². The van der Waals surface area contributed by atoms with Crippen LogP contribution in [-0.2, 0) is 4.74 Å². The molecule has 29 heavy (non-hydrogen) atoms. The maximum Gasteiger partial charge on any atom is 0.164 e. The quantitative estimate of drug-likeness (QED) is 0.580. The van der Waals surface area contributed by atoms with Crippen LogP contribution < -0.4 is 4.90 Å². The Kier molecular flexibility index (Phi) is 4.28. The van der Waals surface area contributed by atoms with E-state index in [-0.39, 0.29) is 6.04 Å². The molecule has 0 radical (unpaired) electrons. The molecule has 1 N–H and O–H groups in total. The molecule has 3 aromatic heterocycles. The van der Waals surface area contributed by atoms with Crippen LogP contribution in [0.4, 0.5) is 5.82 Å². The average Bonchev–Trinajstić information content (AvgIpc) is 3.34. The Balaban J connectivity index is 1.73. The van der Waals surface area contributed by atoms with Crippen molar-refractivity contribution in [3.8, 4) is 17.2 Å². The van der Waals surface area contributed by atoms with Gasteiger partial charge in [0.25, 0.3) is 0 Å². The Hall–Kier alpha value is -3.26. The van der Waals surface area contributed by atoms with Gasteiger partial charge in [-0.2, -0.15) is 0 Å². The Morgan fingerprint density at radius 1 is 1.07 bits per heavy atom. The zero-order valence-corrected chi connectivity index (χ0v) is 16.8. The summed E-state index contributed by atoms with van der Waals surface area (Å²) in [6.07, 6.45) is 1.94. The van der Waals surface area contributed by atoms with Crippen molar-refractivity contribution in [1.29, 1.82) is 0 Å². The van der Waals surface area contributed by atoms with Crippen LogP contribution in [0.5, 0.6) is 0 Å². The topological polar surface area (TPSA) is 84.8 Å². The van der Waals surface area contributed by atoms with Crippen LogP contribution in [0, 0.1) is 13.8 Å². The minimum Gasteiger partial charge on any atom is -0.377 e. The van der Waals surface area contributed by atoms with Gasteiger partial charge in [0.1, 0.15) is 23.3 Å². The van der Waals surface area contributed by atoms with Gasteiger partial charge in [-0.05, 0) is 32.9 Å². The van der Waals surface area contributed by atoms with Gasteiger partial charge in [0.2, 0.25) is 0 Å². The minimum absolute atomic E-state index is 0.241. The molecule has 4 aromatic rings. The predicted molar refractivity (Wildman–Crippen MR) is 111 cm³/mol. The highest BCUT2D eigenvalue weighted by atomic mass is 16.5. The third-order valence-electron chi connectivity index (χ3n) is 5.41. The van der Waals surface area contributed by atoms with Gasteiger partial charge in [-0.3, -0.25) is 4.57 Å². The molecule has 1 aliphatic rings. The summed E-state index contributed by atoms with van der Waals surface area (Å²) >= 11 is 0.